The summed E-state index contributed by atoms with van der Waals surface area (Å²) in [6, 6.07) is 12.7. The summed E-state index contributed by atoms with van der Waals surface area (Å²) in [6.45, 7) is 0. The van der Waals surface area contributed by atoms with Crippen molar-refractivity contribution in [3.05, 3.63) is 64.1 Å². The van der Waals surface area contributed by atoms with Crippen LogP contribution in [0.2, 0.25) is 10.0 Å². The van der Waals surface area contributed by atoms with Gasteiger partial charge >= 0.3 is 0 Å². The Hall–Kier alpha value is -2.28. The Morgan fingerprint density at radius 3 is 2.50 bits per heavy atom. The zero-order chi connectivity index (χ0) is 18.6. The molecule has 5 nitrogen and oxygen atoms in total. The van der Waals surface area contributed by atoms with E-state index in [1.165, 1.54) is 29.2 Å². The smallest absolute Gasteiger partial charge is 0.262 e. The van der Waals surface area contributed by atoms with E-state index in [4.69, 9.17) is 23.2 Å². The van der Waals surface area contributed by atoms with E-state index in [9.17, 15) is 13.2 Å². The number of benzene rings is 3. The summed E-state index contributed by atoms with van der Waals surface area (Å²) < 4.78 is 28.4. The SMILES string of the molecule is CN1C(=O)c2cccc3c(S(=O)(=O)Nc4ccc(Cl)c(Cl)c4)ccc1c23. The molecule has 0 unspecified atom stereocenters. The molecule has 3 aromatic carbocycles. The minimum absolute atomic E-state index is 0.0901. The Balaban J connectivity index is 1.87. The van der Waals surface area contributed by atoms with Gasteiger partial charge in [-0.05, 0) is 36.4 Å². The van der Waals surface area contributed by atoms with Gasteiger partial charge in [0.25, 0.3) is 15.9 Å². The monoisotopic (exact) mass is 406 g/mol. The molecule has 0 fully saturated rings. The molecule has 132 valence electrons. The quantitative estimate of drug-likeness (QED) is 0.694. The Morgan fingerprint density at radius 2 is 1.77 bits per heavy atom. The average Bonchev–Trinajstić information content (AvgIpc) is 2.85. The second kappa shape index (κ2) is 5.87. The Morgan fingerprint density at radius 1 is 1.00 bits per heavy atom. The first-order chi connectivity index (χ1) is 12.3. The molecular weight excluding hydrogens is 395 g/mol. The predicted octanol–water partition coefficient (Wildman–Crippen LogP) is 4.54. The van der Waals surface area contributed by atoms with Gasteiger partial charge in [-0.1, -0.05) is 35.3 Å². The van der Waals surface area contributed by atoms with Crippen molar-refractivity contribution >= 4 is 61.3 Å². The van der Waals surface area contributed by atoms with Crippen molar-refractivity contribution in [2.45, 2.75) is 4.90 Å². The Bertz CT molecular complexity index is 1190. The van der Waals surface area contributed by atoms with Gasteiger partial charge in [0.2, 0.25) is 0 Å². The van der Waals surface area contributed by atoms with Crippen LogP contribution in [0.3, 0.4) is 0 Å². The maximum atomic E-state index is 12.9. The van der Waals surface area contributed by atoms with Crippen LogP contribution < -0.4 is 9.62 Å². The number of anilines is 2. The number of sulfonamides is 1. The normalized spacial score (nSPS) is 13.5. The van der Waals surface area contributed by atoms with Gasteiger partial charge in [-0.2, -0.15) is 0 Å². The third-order valence-electron chi connectivity index (χ3n) is 4.34. The minimum Gasteiger partial charge on any atom is -0.311 e. The van der Waals surface area contributed by atoms with Crippen LogP contribution in [-0.4, -0.2) is 21.4 Å². The first-order valence-electron chi connectivity index (χ1n) is 7.61. The van der Waals surface area contributed by atoms with Crippen LogP contribution in [-0.2, 0) is 10.0 Å². The number of carbonyl (C=O) groups is 1. The van der Waals surface area contributed by atoms with Gasteiger partial charge < -0.3 is 4.90 Å². The molecule has 0 saturated heterocycles. The molecule has 1 amide bonds. The zero-order valence-corrected chi connectivity index (χ0v) is 15.8. The Kier molecular flexibility index (Phi) is 3.87. The second-order valence-electron chi connectivity index (χ2n) is 5.91. The van der Waals surface area contributed by atoms with E-state index >= 15 is 0 Å². The fourth-order valence-electron chi connectivity index (χ4n) is 3.11. The number of amides is 1. The first kappa shape index (κ1) is 17.1. The second-order valence-corrected chi connectivity index (χ2v) is 8.37. The summed E-state index contributed by atoms with van der Waals surface area (Å²) in [6.07, 6.45) is 0. The van der Waals surface area contributed by atoms with Crippen LogP contribution in [0.25, 0.3) is 10.8 Å². The third-order valence-corrected chi connectivity index (χ3v) is 6.51. The molecule has 0 aromatic heterocycles. The van der Waals surface area contributed by atoms with E-state index in [1.807, 2.05) is 0 Å². The third kappa shape index (κ3) is 2.53. The number of nitrogens with zero attached hydrogens (tertiary/aromatic N) is 1. The molecule has 1 aliphatic heterocycles. The van der Waals surface area contributed by atoms with E-state index in [1.54, 1.807) is 31.3 Å². The fraction of sp³-hybridized carbons (Fsp3) is 0.0556. The maximum absolute atomic E-state index is 12.9. The topological polar surface area (TPSA) is 66.5 Å². The number of hydrogen-bond donors (Lipinski definition) is 1. The van der Waals surface area contributed by atoms with Gasteiger partial charge in [0, 0.05) is 23.4 Å². The Labute approximate surface area is 160 Å². The van der Waals surface area contributed by atoms with Crippen LogP contribution in [0.15, 0.2) is 53.4 Å². The zero-order valence-electron chi connectivity index (χ0n) is 13.5. The number of hydrogen-bond acceptors (Lipinski definition) is 3. The first-order valence-corrected chi connectivity index (χ1v) is 9.85. The molecule has 0 saturated carbocycles. The largest absolute Gasteiger partial charge is 0.311 e. The van der Waals surface area contributed by atoms with E-state index in [2.05, 4.69) is 4.72 Å². The number of rotatable bonds is 3. The van der Waals surface area contributed by atoms with Crippen LogP contribution in [0.4, 0.5) is 11.4 Å². The van der Waals surface area contributed by atoms with Gasteiger partial charge in [0.1, 0.15) is 0 Å². The van der Waals surface area contributed by atoms with E-state index in [0.717, 1.165) is 0 Å². The van der Waals surface area contributed by atoms with Crippen molar-refractivity contribution < 1.29 is 13.2 Å². The molecule has 0 radical (unpaired) electrons. The molecule has 4 rings (SSSR count). The van der Waals surface area contributed by atoms with Crippen LogP contribution in [0, 0.1) is 0 Å². The van der Waals surface area contributed by atoms with Gasteiger partial charge in [-0.15, -0.1) is 0 Å². The average molecular weight is 407 g/mol. The van der Waals surface area contributed by atoms with Crippen LogP contribution >= 0.6 is 23.2 Å². The summed E-state index contributed by atoms with van der Waals surface area (Å²) in [7, 11) is -2.23. The lowest BCUT2D eigenvalue weighted by Crippen LogP contribution is -2.20. The maximum Gasteiger partial charge on any atom is 0.262 e. The number of carbonyl (C=O) groups excluding carboxylic acids is 1. The molecule has 0 spiro atoms. The highest BCUT2D eigenvalue weighted by molar-refractivity contribution is 7.93. The fourth-order valence-corrected chi connectivity index (χ4v) is 4.67. The van der Waals surface area contributed by atoms with Gasteiger partial charge in [0.05, 0.1) is 26.3 Å². The molecule has 1 heterocycles. The highest BCUT2D eigenvalue weighted by Gasteiger charge is 2.30. The molecule has 8 heteroatoms. The van der Waals surface area contributed by atoms with Gasteiger partial charge in [0.15, 0.2) is 0 Å². The summed E-state index contributed by atoms with van der Waals surface area (Å²) in [5.74, 6) is -0.155. The standard InChI is InChI=1S/C18H12Cl2N2O3S/c1-22-15-7-8-16(11-3-2-4-12(17(11)15)18(22)23)26(24,25)21-10-5-6-13(19)14(20)9-10/h2-9,21H,1H3. The van der Waals surface area contributed by atoms with Gasteiger partial charge in [-0.3, -0.25) is 9.52 Å². The van der Waals surface area contributed by atoms with Crippen molar-refractivity contribution in [2.24, 2.45) is 0 Å². The van der Waals surface area contributed by atoms with E-state index in [-0.39, 0.29) is 15.8 Å². The molecule has 3 aromatic rings. The molecule has 1 aliphatic rings. The summed E-state index contributed by atoms with van der Waals surface area (Å²) in [4.78, 5) is 13.9. The van der Waals surface area contributed by atoms with Crippen molar-refractivity contribution in [2.75, 3.05) is 16.7 Å². The van der Waals surface area contributed by atoms with E-state index < -0.39 is 10.0 Å². The molecule has 1 N–H and O–H groups in total. The van der Waals surface area contributed by atoms with Crippen LogP contribution in [0.5, 0.6) is 0 Å². The lowest BCUT2D eigenvalue weighted by atomic mass is 10.1. The lowest BCUT2D eigenvalue weighted by Gasteiger charge is -2.13. The van der Waals surface area contributed by atoms with Crippen molar-refractivity contribution in [3.8, 4) is 0 Å². The van der Waals surface area contributed by atoms with Crippen molar-refractivity contribution in [1.29, 1.82) is 0 Å². The molecule has 0 atom stereocenters. The summed E-state index contributed by atoms with van der Waals surface area (Å²) in [5, 5.41) is 1.71. The summed E-state index contributed by atoms with van der Waals surface area (Å²) >= 11 is 11.8. The van der Waals surface area contributed by atoms with Crippen molar-refractivity contribution in [3.63, 3.8) is 0 Å². The molecule has 26 heavy (non-hydrogen) atoms. The highest BCUT2D eigenvalue weighted by Crippen LogP contribution is 2.39. The summed E-state index contributed by atoms with van der Waals surface area (Å²) in [5.41, 5.74) is 1.48. The van der Waals surface area contributed by atoms with Gasteiger partial charge in [-0.25, -0.2) is 8.42 Å². The number of halogens is 2. The van der Waals surface area contributed by atoms with Crippen LogP contribution in [0.1, 0.15) is 10.4 Å². The van der Waals surface area contributed by atoms with Crippen molar-refractivity contribution in [1.82, 2.24) is 0 Å². The molecule has 0 aliphatic carbocycles. The number of nitrogens with one attached hydrogen (secondary N) is 1. The molecule has 0 bridgehead atoms. The lowest BCUT2D eigenvalue weighted by molar-refractivity contribution is 0.0999. The minimum atomic E-state index is -3.89. The van der Waals surface area contributed by atoms with E-state index in [0.29, 0.717) is 32.7 Å². The predicted molar refractivity (Wildman–Crippen MR) is 104 cm³/mol. The highest BCUT2D eigenvalue weighted by atomic mass is 35.5. The molecular formula is C18H12Cl2N2O3S.